The SMILES string of the molecule is COCCOc1ccc(CNC(=O)CCCc2nc(-c3ccc(Cl)cc3)no2)cn1. The van der Waals surface area contributed by atoms with Crippen LogP contribution in [-0.2, 0) is 22.5 Å². The number of aryl methyl sites for hydroxylation is 1. The summed E-state index contributed by atoms with van der Waals surface area (Å²) in [4.78, 5) is 20.6. The molecule has 0 aliphatic carbocycles. The minimum atomic E-state index is -0.0483. The maximum atomic E-state index is 12.1. The third kappa shape index (κ3) is 6.82. The van der Waals surface area contributed by atoms with Crippen molar-refractivity contribution >= 4 is 17.5 Å². The number of hydrogen-bond acceptors (Lipinski definition) is 7. The van der Waals surface area contributed by atoms with Gasteiger partial charge in [0.05, 0.1) is 6.61 Å². The average Bonchev–Trinajstić information content (AvgIpc) is 3.23. The Morgan fingerprint density at radius 1 is 1.17 bits per heavy atom. The van der Waals surface area contributed by atoms with Crippen molar-refractivity contribution in [3.8, 4) is 17.3 Å². The lowest BCUT2D eigenvalue weighted by atomic mass is 10.2. The molecule has 0 aliphatic heterocycles. The summed E-state index contributed by atoms with van der Waals surface area (Å²) in [5.41, 5.74) is 1.72. The highest BCUT2D eigenvalue weighted by atomic mass is 35.5. The predicted octanol–water partition coefficient (Wildman–Crippen LogP) is 3.45. The Labute approximate surface area is 179 Å². The summed E-state index contributed by atoms with van der Waals surface area (Å²) in [6.07, 6.45) is 3.19. The number of halogens is 1. The predicted molar refractivity (Wildman–Crippen MR) is 111 cm³/mol. The molecular weight excluding hydrogens is 408 g/mol. The second kappa shape index (κ2) is 11.3. The van der Waals surface area contributed by atoms with Gasteiger partial charge in [0.25, 0.3) is 0 Å². The van der Waals surface area contributed by atoms with E-state index in [1.807, 2.05) is 18.2 Å². The molecule has 0 unspecified atom stereocenters. The Morgan fingerprint density at radius 3 is 2.73 bits per heavy atom. The maximum Gasteiger partial charge on any atom is 0.226 e. The van der Waals surface area contributed by atoms with Gasteiger partial charge in [-0.05, 0) is 36.2 Å². The first-order valence-electron chi connectivity index (χ1n) is 9.56. The van der Waals surface area contributed by atoms with Gasteiger partial charge in [0.2, 0.25) is 23.5 Å². The van der Waals surface area contributed by atoms with Gasteiger partial charge in [0.1, 0.15) is 6.61 Å². The van der Waals surface area contributed by atoms with E-state index in [4.69, 9.17) is 25.6 Å². The normalized spacial score (nSPS) is 10.7. The lowest BCUT2D eigenvalue weighted by Gasteiger charge is -2.07. The lowest BCUT2D eigenvalue weighted by molar-refractivity contribution is -0.121. The topological polar surface area (TPSA) is 99.4 Å². The number of nitrogens with zero attached hydrogens (tertiary/aromatic N) is 3. The van der Waals surface area contributed by atoms with Gasteiger partial charge in [-0.1, -0.05) is 22.8 Å². The molecular formula is C21H23ClN4O4. The molecule has 0 spiro atoms. The van der Waals surface area contributed by atoms with Gasteiger partial charge in [-0.3, -0.25) is 4.79 Å². The maximum absolute atomic E-state index is 12.1. The Hall–Kier alpha value is -2.97. The summed E-state index contributed by atoms with van der Waals surface area (Å²) in [6, 6.07) is 10.8. The molecule has 3 rings (SSSR count). The van der Waals surface area contributed by atoms with Crippen molar-refractivity contribution in [2.45, 2.75) is 25.8 Å². The van der Waals surface area contributed by atoms with Crippen LogP contribution in [-0.4, -0.2) is 41.4 Å². The van der Waals surface area contributed by atoms with E-state index in [0.29, 0.717) is 61.6 Å². The number of rotatable bonds is 11. The van der Waals surface area contributed by atoms with E-state index in [0.717, 1.165) is 11.1 Å². The summed E-state index contributed by atoms with van der Waals surface area (Å²) in [6.45, 7) is 1.36. The fraction of sp³-hybridized carbons (Fsp3) is 0.333. The van der Waals surface area contributed by atoms with Gasteiger partial charge in [-0.2, -0.15) is 4.98 Å². The zero-order chi connectivity index (χ0) is 21.2. The molecule has 0 saturated heterocycles. The van der Waals surface area contributed by atoms with Crippen LogP contribution in [0, 0.1) is 0 Å². The number of methoxy groups -OCH3 is 1. The van der Waals surface area contributed by atoms with Crippen molar-refractivity contribution in [3.05, 3.63) is 59.1 Å². The van der Waals surface area contributed by atoms with Crippen molar-refractivity contribution in [3.63, 3.8) is 0 Å². The highest BCUT2D eigenvalue weighted by molar-refractivity contribution is 6.30. The van der Waals surface area contributed by atoms with E-state index in [1.54, 1.807) is 31.5 Å². The average molecular weight is 431 g/mol. The third-order valence-corrected chi connectivity index (χ3v) is 4.44. The van der Waals surface area contributed by atoms with Crippen molar-refractivity contribution in [2.24, 2.45) is 0 Å². The molecule has 0 radical (unpaired) electrons. The van der Waals surface area contributed by atoms with Gasteiger partial charge in [-0.15, -0.1) is 0 Å². The lowest BCUT2D eigenvalue weighted by Crippen LogP contribution is -2.22. The number of pyridine rings is 1. The van der Waals surface area contributed by atoms with Gasteiger partial charge in [-0.25, -0.2) is 4.98 Å². The summed E-state index contributed by atoms with van der Waals surface area (Å²) in [5.74, 6) is 1.49. The summed E-state index contributed by atoms with van der Waals surface area (Å²) in [7, 11) is 1.61. The highest BCUT2D eigenvalue weighted by Crippen LogP contribution is 2.19. The number of amides is 1. The van der Waals surface area contributed by atoms with Crippen LogP contribution >= 0.6 is 11.6 Å². The first-order chi connectivity index (χ1) is 14.6. The summed E-state index contributed by atoms with van der Waals surface area (Å²) in [5, 5.41) is 7.49. The van der Waals surface area contributed by atoms with E-state index in [-0.39, 0.29) is 5.91 Å². The standard InChI is InChI=1S/C21H23ClN4O4/c1-28-11-12-29-19-10-5-15(14-24-19)13-23-18(27)3-2-4-20-25-21(26-30-20)16-6-8-17(22)9-7-16/h5-10,14H,2-4,11-13H2,1H3,(H,23,27). The number of carbonyl (C=O) groups excluding carboxylic acids is 1. The number of nitrogens with one attached hydrogen (secondary N) is 1. The van der Waals surface area contributed by atoms with Gasteiger partial charge in [0, 0.05) is 49.3 Å². The molecule has 0 atom stereocenters. The molecule has 0 bridgehead atoms. The van der Waals surface area contributed by atoms with Crippen molar-refractivity contribution in [2.75, 3.05) is 20.3 Å². The molecule has 0 fully saturated rings. The summed E-state index contributed by atoms with van der Waals surface area (Å²) >= 11 is 5.88. The Balaban J connectivity index is 1.36. The van der Waals surface area contributed by atoms with Crippen LogP contribution in [0.15, 0.2) is 47.1 Å². The minimum Gasteiger partial charge on any atom is -0.475 e. The van der Waals surface area contributed by atoms with E-state index >= 15 is 0 Å². The first-order valence-corrected chi connectivity index (χ1v) is 9.94. The monoisotopic (exact) mass is 430 g/mol. The van der Waals surface area contributed by atoms with Crippen molar-refractivity contribution < 1.29 is 18.8 Å². The van der Waals surface area contributed by atoms with Crippen LogP contribution in [0.3, 0.4) is 0 Å². The molecule has 0 saturated carbocycles. The number of benzene rings is 1. The Kier molecular flexibility index (Phi) is 8.17. The number of aromatic nitrogens is 3. The fourth-order valence-electron chi connectivity index (χ4n) is 2.59. The van der Waals surface area contributed by atoms with Gasteiger partial charge in [0.15, 0.2) is 0 Å². The molecule has 3 aromatic rings. The van der Waals surface area contributed by atoms with Crippen LogP contribution in [0.5, 0.6) is 5.88 Å². The van der Waals surface area contributed by atoms with Crippen LogP contribution in [0.2, 0.25) is 5.02 Å². The van der Waals surface area contributed by atoms with Gasteiger partial charge < -0.3 is 19.3 Å². The van der Waals surface area contributed by atoms with Crippen molar-refractivity contribution in [1.82, 2.24) is 20.4 Å². The molecule has 158 valence electrons. The van der Waals surface area contributed by atoms with Crippen molar-refractivity contribution in [1.29, 1.82) is 0 Å². The molecule has 2 aromatic heterocycles. The number of ether oxygens (including phenoxy) is 2. The van der Waals surface area contributed by atoms with Crippen LogP contribution < -0.4 is 10.1 Å². The highest BCUT2D eigenvalue weighted by Gasteiger charge is 2.10. The Bertz CT molecular complexity index is 929. The van der Waals surface area contributed by atoms with E-state index in [2.05, 4.69) is 20.4 Å². The molecule has 9 heteroatoms. The van der Waals surface area contributed by atoms with E-state index in [9.17, 15) is 4.79 Å². The minimum absolute atomic E-state index is 0.0483. The first kappa shape index (κ1) is 21.7. The van der Waals surface area contributed by atoms with E-state index in [1.165, 1.54) is 0 Å². The molecule has 0 aliphatic rings. The smallest absolute Gasteiger partial charge is 0.226 e. The largest absolute Gasteiger partial charge is 0.475 e. The van der Waals surface area contributed by atoms with E-state index < -0.39 is 0 Å². The summed E-state index contributed by atoms with van der Waals surface area (Å²) < 4.78 is 15.6. The zero-order valence-corrected chi connectivity index (χ0v) is 17.4. The number of hydrogen-bond donors (Lipinski definition) is 1. The quantitative estimate of drug-likeness (QED) is 0.465. The third-order valence-electron chi connectivity index (χ3n) is 4.19. The van der Waals surface area contributed by atoms with Crippen LogP contribution in [0.4, 0.5) is 0 Å². The molecule has 1 N–H and O–H groups in total. The van der Waals surface area contributed by atoms with Gasteiger partial charge >= 0.3 is 0 Å². The van der Waals surface area contributed by atoms with Crippen LogP contribution in [0.25, 0.3) is 11.4 Å². The molecule has 1 aromatic carbocycles. The van der Waals surface area contributed by atoms with Crippen LogP contribution in [0.1, 0.15) is 24.3 Å². The molecule has 2 heterocycles. The molecule has 30 heavy (non-hydrogen) atoms. The molecule has 8 nitrogen and oxygen atoms in total. The fourth-order valence-corrected chi connectivity index (χ4v) is 2.72. The second-order valence-corrected chi connectivity index (χ2v) is 6.93. The second-order valence-electron chi connectivity index (χ2n) is 6.49. The number of carbonyl (C=O) groups is 1. The Morgan fingerprint density at radius 2 is 2.00 bits per heavy atom. The zero-order valence-electron chi connectivity index (χ0n) is 16.6. The molecule has 1 amide bonds.